The first-order chi connectivity index (χ1) is 15.7. The molecule has 0 bridgehead atoms. The lowest BCUT2D eigenvalue weighted by Gasteiger charge is -2.10. The van der Waals surface area contributed by atoms with Crippen LogP contribution in [0.4, 0.5) is 17.1 Å². The van der Waals surface area contributed by atoms with Crippen LogP contribution in [0, 0.1) is 0 Å². The van der Waals surface area contributed by atoms with E-state index in [0.717, 1.165) is 22.6 Å². The number of hydrogen-bond donors (Lipinski definition) is 3. The normalized spacial score (nSPS) is 10.4. The van der Waals surface area contributed by atoms with Gasteiger partial charge in [0.25, 0.3) is 5.91 Å². The fourth-order valence-electron chi connectivity index (χ4n) is 3.10. The highest BCUT2D eigenvalue weighted by Crippen LogP contribution is 2.19. The van der Waals surface area contributed by atoms with Gasteiger partial charge in [-0.2, -0.15) is 0 Å². The van der Waals surface area contributed by atoms with Crippen LogP contribution in [0.1, 0.15) is 21.5 Å². The van der Waals surface area contributed by atoms with Crippen molar-refractivity contribution in [3.8, 4) is 5.75 Å². The lowest BCUT2D eigenvalue weighted by molar-refractivity contribution is 0.102. The molecule has 0 unspecified atom stereocenters. The van der Waals surface area contributed by atoms with Crippen LogP contribution < -0.4 is 21.1 Å². The number of aromatic nitrogens is 1. The molecule has 4 N–H and O–H groups in total. The maximum absolute atomic E-state index is 12.4. The zero-order valence-corrected chi connectivity index (χ0v) is 17.5. The molecule has 1 heterocycles. The maximum atomic E-state index is 12.4. The van der Waals surface area contributed by atoms with E-state index in [-0.39, 0.29) is 5.91 Å². The molecule has 0 aliphatic rings. The van der Waals surface area contributed by atoms with Gasteiger partial charge in [-0.15, -0.1) is 0 Å². The number of hydrogen-bond acceptors (Lipinski definition) is 5. The first-order valence-corrected chi connectivity index (χ1v) is 10.3. The quantitative estimate of drug-likeness (QED) is 0.342. The fourth-order valence-corrected chi connectivity index (χ4v) is 3.10. The van der Waals surface area contributed by atoms with Crippen LogP contribution in [-0.4, -0.2) is 10.9 Å². The highest BCUT2D eigenvalue weighted by atomic mass is 16.5. The molecule has 3 aromatic carbocycles. The van der Waals surface area contributed by atoms with Crippen LogP contribution in [0.25, 0.3) is 0 Å². The zero-order valence-electron chi connectivity index (χ0n) is 17.5. The zero-order chi connectivity index (χ0) is 22.2. The molecular weight excluding hydrogens is 400 g/mol. The number of carbonyl (C=O) groups excluding carboxylic acids is 1. The molecule has 1 aromatic heterocycles. The lowest BCUT2D eigenvalue weighted by atomic mass is 10.1. The fraction of sp³-hybridized carbons (Fsp3) is 0.0769. The van der Waals surface area contributed by atoms with Crippen molar-refractivity contribution in [3.05, 3.63) is 114 Å². The van der Waals surface area contributed by atoms with Crippen molar-refractivity contribution in [1.29, 1.82) is 0 Å². The molecule has 32 heavy (non-hydrogen) atoms. The molecule has 0 aliphatic carbocycles. The first kappa shape index (κ1) is 20.9. The highest BCUT2D eigenvalue weighted by Gasteiger charge is 2.08. The minimum Gasteiger partial charge on any atom is -0.489 e. The van der Waals surface area contributed by atoms with Crippen molar-refractivity contribution in [2.45, 2.75) is 13.2 Å². The molecule has 160 valence electrons. The number of anilines is 3. The Balaban J connectivity index is 1.27. The predicted octanol–water partition coefficient (Wildman–Crippen LogP) is 5.11. The summed E-state index contributed by atoms with van der Waals surface area (Å²) >= 11 is 0. The molecule has 0 saturated heterocycles. The third-order valence-corrected chi connectivity index (χ3v) is 4.90. The van der Waals surface area contributed by atoms with Crippen LogP contribution in [0.15, 0.2) is 97.3 Å². The van der Waals surface area contributed by atoms with E-state index in [9.17, 15) is 4.79 Å². The van der Waals surface area contributed by atoms with E-state index in [4.69, 9.17) is 10.5 Å². The van der Waals surface area contributed by atoms with E-state index in [0.29, 0.717) is 30.1 Å². The summed E-state index contributed by atoms with van der Waals surface area (Å²) in [5.74, 6) is 0.609. The summed E-state index contributed by atoms with van der Waals surface area (Å²) in [5, 5.41) is 6.21. The Morgan fingerprint density at radius 1 is 0.875 bits per heavy atom. The van der Waals surface area contributed by atoms with Gasteiger partial charge in [-0.3, -0.25) is 9.78 Å². The number of nitrogen functional groups attached to an aromatic ring is 1. The standard InChI is InChI=1S/C26H24N4O2/c27-24-5-1-2-6-25(24)30-26(31)21-9-7-19(8-10-21)17-29-22-11-13-23(14-12-22)32-18-20-4-3-15-28-16-20/h1-16,29H,17-18,27H2,(H,30,31). The number of pyridine rings is 1. The van der Waals surface area contributed by atoms with Crippen LogP contribution in [0.5, 0.6) is 5.75 Å². The summed E-state index contributed by atoms with van der Waals surface area (Å²) in [5.41, 5.74) is 10.7. The second kappa shape index (κ2) is 10.1. The molecule has 0 fully saturated rings. The van der Waals surface area contributed by atoms with Gasteiger partial charge >= 0.3 is 0 Å². The molecule has 0 aliphatic heterocycles. The van der Waals surface area contributed by atoms with Crippen molar-refractivity contribution in [2.75, 3.05) is 16.4 Å². The Hall–Kier alpha value is -4.32. The van der Waals surface area contributed by atoms with Crippen LogP contribution in [-0.2, 0) is 13.2 Å². The molecule has 4 rings (SSSR count). The van der Waals surface area contributed by atoms with Crippen molar-refractivity contribution in [3.63, 3.8) is 0 Å². The Morgan fingerprint density at radius 2 is 1.66 bits per heavy atom. The second-order valence-corrected chi connectivity index (χ2v) is 7.27. The molecule has 0 spiro atoms. The number of amides is 1. The summed E-state index contributed by atoms with van der Waals surface area (Å²) in [7, 11) is 0. The average molecular weight is 425 g/mol. The van der Waals surface area contributed by atoms with E-state index in [1.54, 1.807) is 36.7 Å². The smallest absolute Gasteiger partial charge is 0.255 e. The molecule has 4 aromatic rings. The first-order valence-electron chi connectivity index (χ1n) is 10.3. The van der Waals surface area contributed by atoms with E-state index >= 15 is 0 Å². The number of benzene rings is 3. The minimum absolute atomic E-state index is 0.190. The number of para-hydroxylation sites is 2. The van der Waals surface area contributed by atoms with Crippen LogP contribution >= 0.6 is 0 Å². The van der Waals surface area contributed by atoms with Crippen molar-refractivity contribution >= 4 is 23.0 Å². The minimum atomic E-state index is -0.190. The van der Waals surface area contributed by atoms with Gasteiger partial charge in [-0.25, -0.2) is 0 Å². The van der Waals surface area contributed by atoms with Gasteiger partial charge in [0.1, 0.15) is 12.4 Å². The molecule has 0 saturated carbocycles. The summed E-state index contributed by atoms with van der Waals surface area (Å²) in [6, 6.07) is 26.4. The van der Waals surface area contributed by atoms with Gasteiger partial charge in [0, 0.05) is 35.8 Å². The number of ether oxygens (including phenoxy) is 1. The molecule has 6 nitrogen and oxygen atoms in total. The molecule has 6 heteroatoms. The number of nitrogens with one attached hydrogen (secondary N) is 2. The van der Waals surface area contributed by atoms with Crippen molar-refractivity contribution in [1.82, 2.24) is 4.98 Å². The molecule has 0 atom stereocenters. The summed E-state index contributed by atoms with van der Waals surface area (Å²) < 4.78 is 5.78. The molecule has 0 radical (unpaired) electrons. The Kier molecular flexibility index (Phi) is 6.63. The Bertz CT molecular complexity index is 1160. The molecule has 1 amide bonds. The van der Waals surface area contributed by atoms with Gasteiger partial charge in [0.2, 0.25) is 0 Å². The van der Waals surface area contributed by atoms with Gasteiger partial charge < -0.3 is 21.1 Å². The van der Waals surface area contributed by atoms with E-state index < -0.39 is 0 Å². The lowest BCUT2D eigenvalue weighted by Crippen LogP contribution is -2.13. The summed E-state index contributed by atoms with van der Waals surface area (Å²) in [4.78, 5) is 16.5. The number of nitrogens with two attached hydrogens (primary N) is 1. The summed E-state index contributed by atoms with van der Waals surface area (Å²) in [6.45, 7) is 1.13. The summed E-state index contributed by atoms with van der Waals surface area (Å²) in [6.07, 6.45) is 3.54. The van der Waals surface area contributed by atoms with Gasteiger partial charge in [0.05, 0.1) is 11.4 Å². The largest absolute Gasteiger partial charge is 0.489 e. The Labute approximate surface area is 187 Å². The number of rotatable bonds is 8. The van der Waals surface area contributed by atoms with Crippen molar-refractivity contribution < 1.29 is 9.53 Å². The van der Waals surface area contributed by atoms with Gasteiger partial charge in [0.15, 0.2) is 0 Å². The highest BCUT2D eigenvalue weighted by molar-refractivity contribution is 6.05. The Morgan fingerprint density at radius 3 is 2.38 bits per heavy atom. The van der Waals surface area contributed by atoms with Crippen molar-refractivity contribution in [2.24, 2.45) is 0 Å². The predicted molar refractivity (Wildman–Crippen MR) is 128 cm³/mol. The number of carbonyl (C=O) groups is 1. The topological polar surface area (TPSA) is 89.3 Å². The van der Waals surface area contributed by atoms with Crippen LogP contribution in [0.3, 0.4) is 0 Å². The third kappa shape index (κ3) is 5.64. The SMILES string of the molecule is Nc1ccccc1NC(=O)c1ccc(CNc2ccc(OCc3cccnc3)cc2)cc1. The third-order valence-electron chi connectivity index (χ3n) is 4.90. The maximum Gasteiger partial charge on any atom is 0.255 e. The molecular formula is C26H24N4O2. The van der Waals surface area contributed by atoms with Gasteiger partial charge in [-0.1, -0.05) is 30.3 Å². The van der Waals surface area contributed by atoms with Gasteiger partial charge in [-0.05, 0) is 60.2 Å². The van der Waals surface area contributed by atoms with E-state index in [2.05, 4.69) is 15.6 Å². The van der Waals surface area contributed by atoms with Crippen LogP contribution in [0.2, 0.25) is 0 Å². The average Bonchev–Trinajstić information content (AvgIpc) is 2.84. The van der Waals surface area contributed by atoms with E-state index in [1.165, 1.54) is 0 Å². The number of nitrogens with zero attached hydrogens (tertiary/aromatic N) is 1. The monoisotopic (exact) mass is 424 g/mol. The second-order valence-electron chi connectivity index (χ2n) is 7.27. The van der Waals surface area contributed by atoms with E-state index in [1.807, 2.05) is 60.7 Å².